The Labute approximate surface area is 80.1 Å². The number of hydrogen-bond donors (Lipinski definition) is 0. The molecule has 1 rings (SSSR count). The van der Waals surface area contributed by atoms with E-state index in [1.807, 2.05) is 13.8 Å². The second-order valence-electron chi connectivity index (χ2n) is 3.41. The Morgan fingerprint density at radius 3 is 2.67 bits per heavy atom. The second-order valence-corrected chi connectivity index (χ2v) is 3.97. The minimum Gasteiger partial charge on any atom is -0.261 e. The lowest BCUT2D eigenvalue weighted by molar-refractivity contribution is 0.576. The molecule has 0 aliphatic heterocycles. The number of hydrogen-bond acceptors (Lipinski definition) is 1. The topological polar surface area (TPSA) is 12.9 Å². The van der Waals surface area contributed by atoms with Crippen molar-refractivity contribution < 1.29 is 4.39 Å². The molecule has 1 aromatic heterocycles. The van der Waals surface area contributed by atoms with Crippen molar-refractivity contribution in [3.05, 3.63) is 29.8 Å². The van der Waals surface area contributed by atoms with Crippen LogP contribution in [-0.4, -0.2) is 10.3 Å². The number of pyridine rings is 1. The van der Waals surface area contributed by atoms with E-state index >= 15 is 0 Å². The van der Waals surface area contributed by atoms with Gasteiger partial charge in [0, 0.05) is 16.9 Å². The first-order chi connectivity index (χ1) is 5.56. The van der Waals surface area contributed by atoms with E-state index in [9.17, 15) is 4.39 Å². The molecule has 1 heterocycles. The van der Waals surface area contributed by atoms with Crippen LogP contribution in [0.2, 0.25) is 0 Å². The molecule has 12 heavy (non-hydrogen) atoms. The molecule has 0 aliphatic carbocycles. The van der Waals surface area contributed by atoms with Crippen LogP contribution in [0, 0.1) is 5.82 Å². The van der Waals surface area contributed by atoms with Crippen LogP contribution in [0.1, 0.15) is 19.4 Å². The highest BCUT2D eigenvalue weighted by Gasteiger charge is 2.19. The number of aromatic nitrogens is 1. The number of halogens is 2. The van der Waals surface area contributed by atoms with Crippen molar-refractivity contribution in [3.63, 3.8) is 0 Å². The fraction of sp³-hybridized carbons (Fsp3) is 0.444. The average molecular weight is 232 g/mol. The van der Waals surface area contributed by atoms with Crippen LogP contribution in [-0.2, 0) is 5.41 Å². The summed E-state index contributed by atoms with van der Waals surface area (Å²) in [5.41, 5.74) is 0.856. The van der Waals surface area contributed by atoms with E-state index in [-0.39, 0.29) is 11.2 Å². The Kier molecular flexibility index (Phi) is 2.83. The predicted octanol–water partition coefficient (Wildman–Crippen LogP) is 2.89. The van der Waals surface area contributed by atoms with Gasteiger partial charge in [-0.15, -0.1) is 0 Å². The molecule has 1 nitrogen and oxygen atoms in total. The zero-order chi connectivity index (χ0) is 9.19. The zero-order valence-corrected chi connectivity index (χ0v) is 8.73. The van der Waals surface area contributed by atoms with Crippen LogP contribution >= 0.6 is 15.9 Å². The molecule has 66 valence electrons. The molecule has 0 amide bonds. The minimum atomic E-state index is -0.276. The highest BCUT2D eigenvalue weighted by atomic mass is 79.9. The summed E-state index contributed by atoms with van der Waals surface area (Å²) < 4.78 is 12.8. The SMILES string of the molecule is CC(C)(CBr)c1cncc(F)c1. The molecule has 0 aromatic carbocycles. The molecule has 0 saturated carbocycles. The number of rotatable bonds is 2. The zero-order valence-electron chi connectivity index (χ0n) is 7.14. The van der Waals surface area contributed by atoms with Crippen LogP contribution in [0.3, 0.4) is 0 Å². The van der Waals surface area contributed by atoms with Crippen LogP contribution in [0.25, 0.3) is 0 Å². The molecular weight excluding hydrogens is 221 g/mol. The van der Waals surface area contributed by atoms with Gasteiger partial charge >= 0.3 is 0 Å². The van der Waals surface area contributed by atoms with Gasteiger partial charge in [0.25, 0.3) is 0 Å². The quantitative estimate of drug-likeness (QED) is 0.714. The van der Waals surface area contributed by atoms with E-state index in [1.165, 1.54) is 12.3 Å². The summed E-state index contributed by atoms with van der Waals surface area (Å²) >= 11 is 3.38. The van der Waals surface area contributed by atoms with E-state index in [0.717, 1.165) is 10.9 Å². The lowest BCUT2D eigenvalue weighted by Gasteiger charge is -2.21. The van der Waals surface area contributed by atoms with Gasteiger partial charge < -0.3 is 0 Å². The molecule has 1 aromatic rings. The molecular formula is C9H11BrFN. The fourth-order valence-electron chi connectivity index (χ4n) is 0.859. The molecule has 0 radical (unpaired) electrons. The summed E-state index contributed by atoms with van der Waals surface area (Å²) in [4.78, 5) is 3.80. The van der Waals surface area contributed by atoms with Crippen molar-refractivity contribution in [2.24, 2.45) is 0 Å². The molecule has 3 heteroatoms. The van der Waals surface area contributed by atoms with E-state index in [0.29, 0.717) is 0 Å². The van der Waals surface area contributed by atoms with E-state index in [1.54, 1.807) is 6.20 Å². The summed E-state index contributed by atoms with van der Waals surface area (Å²) in [6, 6.07) is 1.52. The van der Waals surface area contributed by atoms with Gasteiger partial charge in [-0.05, 0) is 11.6 Å². The maximum absolute atomic E-state index is 12.8. The summed E-state index contributed by atoms with van der Waals surface area (Å²) in [6.45, 7) is 4.08. The van der Waals surface area contributed by atoms with Gasteiger partial charge in [0.05, 0.1) is 6.20 Å². The van der Waals surface area contributed by atoms with E-state index in [2.05, 4.69) is 20.9 Å². The first-order valence-electron chi connectivity index (χ1n) is 3.73. The monoisotopic (exact) mass is 231 g/mol. The number of nitrogens with zero attached hydrogens (tertiary/aromatic N) is 1. The molecule has 0 unspecified atom stereocenters. The van der Waals surface area contributed by atoms with Crippen LogP contribution < -0.4 is 0 Å². The minimum absolute atomic E-state index is 0.0604. The molecule has 0 fully saturated rings. The normalized spacial score (nSPS) is 11.7. The standard InChI is InChI=1S/C9H11BrFN/c1-9(2,6-10)7-3-8(11)5-12-4-7/h3-5H,6H2,1-2H3. The average Bonchev–Trinajstić information content (AvgIpc) is 2.05. The van der Waals surface area contributed by atoms with Crippen molar-refractivity contribution in [1.82, 2.24) is 4.98 Å². The first-order valence-corrected chi connectivity index (χ1v) is 4.85. The van der Waals surface area contributed by atoms with Crippen molar-refractivity contribution in [1.29, 1.82) is 0 Å². The lowest BCUT2D eigenvalue weighted by Crippen LogP contribution is -2.19. The molecule has 0 aliphatic rings. The van der Waals surface area contributed by atoms with Crippen LogP contribution in [0.5, 0.6) is 0 Å². The highest BCUT2D eigenvalue weighted by molar-refractivity contribution is 9.09. The largest absolute Gasteiger partial charge is 0.261 e. The van der Waals surface area contributed by atoms with Gasteiger partial charge in [-0.25, -0.2) is 4.39 Å². The van der Waals surface area contributed by atoms with Gasteiger partial charge in [0.1, 0.15) is 5.82 Å². The molecule has 0 spiro atoms. The van der Waals surface area contributed by atoms with E-state index in [4.69, 9.17) is 0 Å². The van der Waals surface area contributed by atoms with Crippen molar-refractivity contribution in [3.8, 4) is 0 Å². The smallest absolute Gasteiger partial charge is 0.141 e. The maximum Gasteiger partial charge on any atom is 0.141 e. The molecule has 0 N–H and O–H groups in total. The lowest BCUT2D eigenvalue weighted by atomic mass is 9.88. The summed E-state index contributed by atoms with van der Waals surface area (Å²) in [5.74, 6) is -0.276. The Bertz CT molecular complexity index is 273. The Morgan fingerprint density at radius 2 is 2.17 bits per heavy atom. The van der Waals surface area contributed by atoms with Crippen LogP contribution in [0.4, 0.5) is 4.39 Å². The first kappa shape index (κ1) is 9.65. The second kappa shape index (κ2) is 3.52. The van der Waals surface area contributed by atoms with Gasteiger partial charge in [-0.3, -0.25) is 4.98 Å². The third-order valence-electron chi connectivity index (χ3n) is 1.82. The van der Waals surface area contributed by atoms with Gasteiger partial charge in [-0.2, -0.15) is 0 Å². The molecule has 0 bridgehead atoms. The maximum atomic E-state index is 12.8. The Hall–Kier alpha value is -0.440. The highest BCUT2D eigenvalue weighted by Crippen LogP contribution is 2.24. The Balaban J connectivity index is 3.03. The van der Waals surface area contributed by atoms with Gasteiger partial charge in [0.2, 0.25) is 0 Å². The summed E-state index contributed by atoms with van der Waals surface area (Å²) in [6.07, 6.45) is 2.91. The van der Waals surface area contributed by atoms with Crippen molar-refractivity contribution >= 4 is 15.9 Å². The third-order valence-corrected chi connectivity index (χ3v) is 3.22. The van der Waals surface area contributed by atoms with Gasteiger partial charge in [-0.1, -0.05) is 29.8 Å². The Morgan fingerprint density at radius 1 is 1.50 bits per heavy atom. The van der Waals surface area contributed by atoms with E-state index < -0.39 is 0 Å². The fourth-order valence-corrected chi connectivity index (χ4v) is 1.18. The van der Waals surface area contributed by atoms with Gasteiger partial charge in [0.15, 0.2) is 0 Å². The summed E-state index contributed by atoms with van der Waals surface area (Å²) in [5, 5.41) is 0.797. The number of alkyl halides is 1. The molecule has 0 saturated heterocycles. The summed E-state index contributed by atoms with van der Waals surface area (Å²) in [7, 11) is 0. The van der Waals surface area contributed by atoms with Crippen molar-refractivity contribution in [2.75, 3.05) is 5.33 Å². The molecule has 0 atom stereocenters. The third kappa shape index (κ3) is 2.03. The van der Waals surface area contributed by atoms with Crippen LogP contribution in [0.15, 0.2) is 18.5 Å². The van der Waals surface area contributed by atoms with Crippen molar-refractivity contribution in [2.45, 2.75) is 19.3 Å². The predicted molar refractivity (Wildman–Crippen MR) is 51.0 cm³/mol.